The summed E-state index contributed by atoms with van der Waals surface area (Å²) in [6.45, 7) is 4.01. The van der Waals surface area contributed by atoms with Gasteiger partial charge in [-0.25, -0.2) is 28.0 Å². The Morgan fingerprint density at radius 3 is 2.28 bits per heavy atom. The molecule has 1 fully saturated rings. The minimum Gasteiger partial charge on any atom is -0.354 e. The Bertz CT molecular complexity index is 1690. The van der Waals surface area contributed by atoms with Gasteiger partial charge < -0.3 is 9.80 Å². The SMILES string of the molecule is CN1CCN(c2ccc(-c3cnc4c(-c5ccc(S(N)(=O)=O)c6ccccc56)cnn4c3)cn2)CC1. The zero-order valence-electron chi connectivity index (χ0n) is 19.7. The lowest BCUT2D eigenvalue weighted by Gasteiger charge is -2.33. The van der Waals surface area contributed by atoms with E-state index in [2.05, 4.69) is 39.1 Å². The van der Waals surface area contributed by atoms with E-state index >= 15 is 0 Å². The summed E-state index contributed by atoms with van der Waals surface area (Å²) < 4.78 is 25.9. The quantitative estimate of drug-likeness (QED) is 0.405. The Hall–Kier alpha value is -3.86. The number of primary sulfonamides is 1. The molecule has 10 heteroatoms. The molecule has 6 rings (SSSR count). The van der Waals surface area contributed by atoms with Crippen LogP contribution in [0.3, 0.4) is 0 Å². The fraction of sp³-hybridized carbons (Fsp3) is 0.192. The Morgan fingerprint density at radius 1 is 0.806 bits per heavy atom. The molecule has 2 aromatic carbocycles. The molecule has 1 aliphatic heterocycles. The number of aromatic nitrogens is 4. The van der Waals surface area contributed by atoms with Crippen LogP contribution in [-0.2, 0) is 10.0 Å². The van der Waals surface area contributed by atoms with Gasteiger partial charge in [0.15, 0.2) is 5.65 Å². The standard InChI is InChI=1S/C26H25N7O2S/c1-31-10-12-32(13-11-31)25-9-6-18(14-28-25)19-15-29-26-23(16-30-33(26)17-19)21-7-8-24(36(27,34)35)22-5-3-2-4-20(21)22/h2-9,14-17H,10-13H2,1H3,(H2,27,34,35). The highest BCUT2D eigenvalue weighted by Crippen LogP contribution is 2.34. The van der Waals surface area contributed by atoms with Gasteiger partial charge in [-0.1, -0.05) is 30.3 Å². The lowest BCUT2D eigenvalue weighted by atomic mass is 10.00. The topological polar surface area (TPSA) is 110 Å². The van der Waals surface area contributed by atoms with Crippen molar-refractivity contribution in [2.45, 2.75) is 4.90 Å². The van der Waals surface area contributed by atoms with Crippen molar-refractivity contribution in [2.75, 3.05) is 38.1 Å². The maximum atomic E-state index is 12.1. The second-order valence-electron chi connectivity index (χ2n) is 9.07. The maximum absolute atomic E-state index is 12.1. The number of likely N-dealkylation sites (N-methyl/N-ethyl adjacent to an activating group) is 1. The van der Waals surface area contributed by atoms with Crippen LogP contribution in [0, 0.1) is 0 Å². The predicted octanol–water partition coefficient (Wildman–Crippen LogP) is 3.01. The lowest BCUT2D eigenvalue weighted by molar-refractivity contribution is 0.312. The number of nitrogens with zero attached hydrogens (tertiary/aromatic N) is 6. The number of sulfonamides is 1. The van der Waals surface area contributed by atoms with Crippen molar-refractivity contribution in [3.8, 4) is 22.3 Å². The van der Waals surface area contributed by atoms with Gasteiger partial charge in [0, 0.05) is 66.8 Å². The molecule has 0 atom stereocenters. The summed E-state index contributed by atoms with van der Waals surface area (Å²) in [5, 5.41) is 11.3. The van der Waals surface area contributed by atoms with Crippen LogP contribution >= 0.6 is 0 Å². The highest BCUT2D eigenvalue weighted by molar-refractivity contribution is 7.89. The summed E-state index contributed by atoms with van der Waals surface area (Å²) in [6.07, 6.45) is 7.37. The Morgan fingerprint density at radius 2 is 1.56 bits per heavy atom. The minimum atomic E-state index is -3.85. The summed E-state index contributed by atoms with van der Waals surface area (Å²) in [4.78, 5) is 14.1. The first-order valence-electron chi connectivity index (χ1n) is 11.7. The summed E-state index contributed by atoms with van der Waals surface area (Å²) in [6, 6.07) is 14.7. The van der Waals surface area contributed by atoms with Gasteiger partial charge in [0.05, 0.1) is 11.1 Å². The second-order valence-corrected chi connectivity index (χ2v) is 10.6. The Labute approximate surface area is 208 Å². The van der Waals surface area contributed by atoms with Crippen LogP contribution < -0.4 is 10.0 Å². The fourth-order valence-electron chi connectivity index (χ4n) is 4.75. The monoisotopic (exact) mass is 499 g/mol. The molecule has 9 nitrogen and oxygen atoms in total. The zero-order chi connectivity index (χ0) is 24.9. The van der Waals surface area contributed by atoms with Crippen molar-refractivity contribution >= 4 is 32.3 Å². The van der Waals surface area contributed by atoms with Crippen LogP contribution in [0.5, 0.6) is 0 Å². The third-order valence-electron chi connectivity index (χ3n) is 6.75. The average molecular weight is 500 g/mol. The molecule has 4 heterocycles. The molecule has 0 radical (unpaired) electrons. The van der Waals surface area contributed by atoms with Crippen LogP contribution in [0.2, 0.25) is 0 Å². The molecule has 3 aromatic heterocycles. The number of rotatable bonds is 4. The largest absolute Gasteiger partial charge is 0.354 e. The summed E-state index contributed by atoms with van der Waals surface area (Å²) >= 11 is 0. The van der Waals surface area contributed by atoms with Gasteiger partial charge in [0.1, 0.15) is 5.82 Å². The maximum Gasteiger partial charge on any atom is 0.238 e. The average Bonchev–Trinajstić information content (AvgIpc) is 3.31. The Balaban J connectivity index is 1.35. The van der Waals surface area contributed by atoms with Crippen LogP contribution in [0.4, 0.5) is 5.82 Å². The Kier molecular flexibility index (Phi) is 5.44. The molecule has 1 aliphatic rings. The molecule has 0 spiro atoms. The van der Waals surface area contributed by atoms with Crippen molar-refractivity contribution < 1.29 is 8.42 Å². The highest BCUT2D eigenvalue weighted by atomic mass is 32.2. The number of fused-ring (bicyclic) bond motifs is 2. The van der Waals surface area contributed by atoms with E-state index in [4.69, 9.17) is 10.1 Å². The number of hydrogen-bond acceptors (Lipinski definition) is 7. The van der Waals surface area contributed by atoms with Crippen LogP contribution in [0.15, 0.2) is 78.2 Å². The third-order valence-corrected chi connectivity index (χ3v) is 7.71. The molecular weight excluding hydrogens is 474 g/mol. The first kappa shape index (κ1) is 22.6. The molecule has 0 aliphatic carbocycles. The molecule has 0 amide bonds. The first-order chi connectivity index (χ1) is 17.4. The van der Waals surface area contributed by atoms with Crippen molar-refractivity contribution in [1.29, 1.82) is 0 Å². The summed E-state index contributed by atoms with van der Waals surface area (Å²) in [5.74, 6) is 0.983. The minimum absolute atomic E-state index is 0.0982. The van der Waals surface area contributed by atoms with Crippen LogP contribution in [-0.4, -0.2) is 66.1 Å². The van der Waals surface area contributed by atoms with E-state index in [-0.39, 0.29) is 4.90 Å². The molecule has 2 N–H and O–H groups in total. The van der Waals surface area contributed by atoms with E-state index in [0.29, 0.717) is 11.0 Å². The van der Waals surface area contributed by atoms with E-state index in [1.54, 1.807) is 35.0 Å². The van der Waals surface area contributed by atoms with E-state index in [0.717, 1.165) is 59.6 Å². The van der Waals surface area contributed by atoms with E-state index in [1.165, 1.54) is 0 Å². The van der Waals surface area contributed by atoms with Crippen LogP contribution in [0.1, 0.15) is 0 Å². The fourth-order valence-corrected chi connectivity index (χ4v) is 5.49. The zero-order valence-corrected chi connectivity index (χ0v) is 20.6. The second kappa shape index (κ2) is 8.66. The van der Waals surface area contributed by atoms with Gasteiger partial charge in [0.25, 0.3) is 0 Å². The molecule has 5 aromatic rings. The number of anilines is 1. The van der Waals surface area contributed by atoms with Crippen LogP contribution in [0.25, 0.3) is 38.7 Å². The van der Waals surface area contributed by atoms with E-state index in [9.17, 15) is 8.42 Å². The molecule has 0 unspecified atom stereocenters. The molecule has 1 saturated heterocycles. The molecule has 36 heavy (non-hydrogen) atoms. The van der Waals surface area contributed by atoms with Gasteiger partial charge >= 0.3 is 0 Å². The van der Waals surface area contributed by atoms with Gasteiger partial charge in [0.2, 0.25) is 10.0 Å². The number of piperazine rings is 1. The van der Waals surface area contributed by atoms with Gasteiger partial charge in [-0.2, -0.15) is 5.10 Å². The molecule has 0 bridgehead atoms. The lowest BCUT2D eigenvalue weighted by Crippen LogP contribution is -2.44. The van der Waals surface area contributed by atoms with E-state index < -0.39 is 10.0 Å². The molecule has 0 saturated carbocycles. The normalized spacial score (nSPS) is 15.1. The smallest absolute Gasteiger partial charge is 0.238 e. The van der Waals surface area contributed by atoms with Crippen molar-refractivity contribution in [3.63, 3.8) is 0 Å². The third kappa shape index (κ3) is 3.98. The van der Waals surface area contributed by atoms with Crippen molar-refractivity contribution in [3.05, 3.63) is 73.3 Å². The van der Waals surface area contributed by atoms with Gasteiger partial charge in [-0.15, -0.1) is 0 Å². The molecular formula is C26H25N7O2S. The van der Waals surface area contributed by atoms with E-state index in [1.807, 2.05) is 30.7 Å². The number of nitrogens with two attached hydrogens (primary N) is 1. The number of pyridine rings is 1. The highest BCUT2D eigenvalue weighted by Gasteiger charge is 2.18. The van der Waals surface area contributed by atoms with Crippen molar-refractivity contribution in [2.24, 2.45) is 5.14 Å². The summed E-state index contributed by atoms with van der Waals surface area (Å²) in [7, 11) is -1.72. The first-order valence-corrected chi connectivity index (χ1v) is 13.2. The number of hydrogen-bond donors (Lipinski definition) is 1. The van der Waals surface area contributed by atoms with Gasteiger partial charge in [-0.05, 0) is 36.2 Å². The number of benzene rings is 2. The molecule has 182 valence electrons. The predicted molar refractivity (Wildman–Crippen MR) is 140 cm³/mol. The summed E-state index contributed by atoms with van der Waals surface area (Å²) in [5.41, 5.74) is 4.19. The van der Waals surface area contributed by atoms with Crippen molar-refractivity contribution in [1.82, 2.24) is 24.5 Å². The van der Waals surface area contributed by atoms with Gasteiger partial charge in [-0.3, -0.25) is 0 Å².